The third kappa shape index (κ3) is 3.07. The van der Waals surface area contributed by atoms with Crippen LogP contribution in [0.3, 0.4) is 0 Å². The minimum atomic E-state index is -0.155. The number of hydrogen-bond acceptors (Lipinski definition) is 4. The van der Waals surface area contributed by atoms with E-state index in [0.717, 1.165) is 25.9 Å². The highest BCUT2D eigenvalue weighted by Crippen LogP contribution is 2.17. The van der Waals surface area contributed by atoms with E-state index in [2.05, 4.69) is 10.4 Å². The van der Waals surface area contributed by atoms with E-state index < -0.39 is 0 Å². The van der Waals surface area contributed by atoms with Crippen LogP contribution < -0.4 is 11.1 Å². The first-order valence-corrected chi connectivity index (χ1v) is 6.86. The largest absolute Gasteiger partial charge is 0.395 e. The Morgan fingerprint density at radius 3 is 3.05 bits per heavy atom. The van der Waals surface area contributed by atoms with Gasteiger partial charge in [-0.25, -0.2) is 0 Å². The van der Waals surface area contributed by atoms with Crippen LogP contribution in [0.15, 0.2) is 0 Å². The van der Waals surface area contributed by atoms with E-state index in [1.807, 2.05) is 13.8 Å². The van der Waals surface area contributed by atoms with E-state index in [9.17, 15) is 4.79 Å². The Bertz CT molecular complexity index is 450. The van der Waals surface area contributed by atoms with Gasteiger partial charge >= 0.3 is 0 Å². The number of amides is 1. The molecule has 0 bridgehead atoms. The molecule has 1 aliphatic rings. The highest BCUT2D eigenvalue weighted by Gasteiger charge is 2.20. The summed E-state index contributed by atoms with van der Waals surface area (Å²) in [6.07, 6.45) is 3.35. The molecule has 1 aromatic rings. The number of rotatable bonds is 5. The van der Waals surface area contributed by atoms with Crippen LogP contribution in [0.2, 0.25) is 0 Å². The summed E-state index contributed by atoms with van der Waals surface area (Å²) in [5.41, 5.74) is 7.54. The smallest absolute Gasteiger partial charge is 0.271 e. The molecular formula is C13H22N4O2. The van der Waals surface area contributed by atoms with Crippen molar-refractivity contribution in [2.45, 2.75) is 45.8 Å². The van der Waals surface area contributed by atoms with Gasteiger partial charge in [-0.2, -0.15) is 5.10 Å². The molecule has 1 unspecified atom stereocenters. The summed E-state index contributed by atoms with van der Waals surface area (Å²) in [5.74, 6) is -0.155. The second-order valence-corrected chi connectivity index (χ2v) is 4.84. The number of aryl methyl sites for hydroxylation is 2. The zero-order chi connectivity index (χ0) is 13.8. The molecular weight excluding hydrogens is 244 g/mol. The maximum Gasteiger partial charge on any atom is 0.271 e. The average Bonchev–Trinajstić information content (AvgIpc) is 2.99. The Kier molecular flexibility index (Phi) is 4.42. The summed E-state index contributed by atoms with van der Waals surface area (Å²) in [4.78, 5) is 12.1. The highest BCUT2D eigenvalue weighted by atomic mass is 16.5. The quantitative estimate of drug-likeness (QED) is 0.836. The first-order valence-electron chi connectivity index (χ1n) is 6.86. The normalized spacial score (nSPS) is 18.7. The molecule has 0 radical (unpaired) electrons. The second kappa shape index (κ2) is 6.06. The molecule has 1 amide bonds. The topological polar surface area (TPSA) is 82.2 Å². The molecule has 1 fully saturated rings. The second-order valence-electron chi connectivity index (χ2n) is 4.84. The van der Waals surface area contributed by atoms with Crippen molar-refractivity contribution in [2.75, 3.05) is 18.9 Å². The molecule has 0 spiro atoms. The SMILES string of the molecule is CCn1nc(C)c(N)c1C(=O)NCCC1CCCO1. The fourth-order valence-corrected chi connectivity index (χ4v) is 2.37. The lowest BCUT2D eigenvalue weighted by Crippen LogP contribution is -2.29. The lowest BCUT2D eigenvalue weighted by molar-refractivity contribution is 0.0899. The lowest BCUT2D eigenvalue weighted by atomic mass is 10.2. The Morgan fingerprint density at radius 2 is 2.42 bits per heavy atom. The van der Waals surface area contributed by atoms with Crippen LogP contribution in [-0.2, 0) is 11.3 Å². The molecule has 0 saturated carbocycles. The van der Waals surface area contributed by atoms with Crippen molar-refractivity contribution in [3.8, 4) is 0 Å². The average molecular weight is 266 g/mol. The van der Waals surface area contributed by atoms with Gasteiger partial charge in [-0.15, -0.1) is 0 Å². The first-order chi connectivity index (χ1) is 9.13. The number of carbonyl (C=O) groups is 1. The molecule has 6 nitrogen and oxygen atoms in total. The van der Waals surface area contributed by atoms with E-state index in [0.29, 0.717) is 30.2 Å². The third-order valence-electron chi connectivity index (χ3n) is 3.46. The van der Waals surface area contributed by atoms with Crippen molar-refractivity contribution in [3.63, 3.8) is 0 Å². The molecule has 1 aliphatic heterocycles. The van der Waals surface area contributed by atoms with E-state index in [1.54, 1.807) is 4.68 Å². The van der Waals surface area contributed by atoms with Gasteiger partial charge in [0.1, 0.15) is 5.69 Å². The van der Waals surface area contributed by atoms with Crippen LogP contribution >= 0.6 is 0 Å². The monoisotopic (exact) mass is 266 g/mol. The standard InChI is InChI=1S/C13H22N4O2/c1-3-17-12(11(14)9(2)16-17)13(18)15-7-6-10-5-4-8-19-10/h10H,3-8,14H2,1-2H3,(H,15,18). The van der Waals surface area contributed by atoms with E-state index in [4.69, 9.17) is 10.5 Å². The van der Waals surface area contributed by atoms with Gasteiger partial charge in [0, 0.05) is 19.7 Å². The van der Waals surface area contributed by atoms with Gasteiger partial charge in [-0.05, 0) is 33.1 Å². The third-order valence-corrected chi connectivity index (χ3v) is 3.46. The Labute approximate surface area is 113 Å². The maximum atomic E-state index is 12.1. The number of nitrogens with zero attached hydrogens (tertiary/aromatic N) is 2. The van der Waals surface area contributed by atoms with Crippen LogP contribution in [0, 0.1) is 6.92 Å². The fraction of sp³-hybridized carbons (Fsp3) is 0.692. The summed E-state index contributed by atoms with van der Waals surface area (Å²) in [6.45, 7) is 5.83. The van der Waals surface area contributed by atoms with Gasteiger partial charge in [0.2, 0.25) is 0 Å². The van der Waals surface area contributed by atoms with Crippen molar-refractivity contribution in [1.82, 2.24) is 15.1 Å². The van der Waals surface area contributed by atoms with Gasteiger partial charge in [-0.3, -0.25) is 9.48 Å². The summed E-state index contributed by atoms with van der Waals surface area (Å²) in [7, 11) is 0. The van der Waals surface area contributed by atoms with Crippen molar-refractivity contribution < 1.29 is 9.53 Å². The molecule has 106 valence electrons. The molecule has 2 heterocycles. The Balaban J connectivity index is 1.92. The van der Waals surface area contributed by atoms with Gasteiger partial charge in [-0.1, -0.05) is 0 Å². The van der Waals surface area contributed by atoms with Crippen molar-refractivity contribution >= 4 is 11.6 Å². The number of hydrogen-bond donors (Lipinski definition) is 2. The van der Waals surface area contributed by atoms with Crippen molar-refractivity contribution in [2.24, 2.45) is 0 Å². The summed E-state index contributed by atoms with van der Waals surface area (Å²) < 4.78 is 7.16. The zero-order valence-electron chi connectivity index (χ0n) is 11.6. The van der Waals surface area contributed by atoms with E-state index >= 15 is 0 Å². The fourth-order valence-electron chi connectivity index (χ4n) is 2.37. The predicted molar refractivity (Wildman–Crippen MR) is 73.0 cm³/mol. The van der Waals surface area contributed by atoms with Crippen LogP contribution in [0.5, 0.6) is 0 Å². The molecule has 1 atom stereocenters. The number of carbonyl (C=O) groups excluding carboxylic acids is 1. The number of nitrogens with two attached hydrogens (primary N) is 1. The van der Waals surface area contributed by atoms with Crippen LogP contribution in [0.4, 0.5) is 5.69 Å². The molecule has 0 aromatic carbocycles. The highest BCUT2D eigenvalue weighted by molar-refractivity contribution is 5.97. The molecule has 3 N–H and O–H groups in total. The number of nitrogens with one attached hydrogen (secondary N) is 1. The van der Waals surface area contributed by atoms with E-state index in [1.165, 1.54) is 0 Å². The number of aromatic nitrogens is 2. The van der Waals surface area contributed by atoms with Gasteiger partial charge in [0.25, 0.3) is 5.91 Å². The molecule has 0 aliphatic carbocycles. The van der Waals surface area contributed by atoms with Crippen LogP contribution in [-0.4, -0.2) is 34.9 Å². The molecule has 6 heteroatoms. The summed E-state index contributed by atoms with van der Waals surface area (Å²) in [5, 5.41) is 7.14. The number of anilines is 1. The minimum absolute atomic E-state index is 0.155. The predicted octanol–water partition coefficient (Wildman–Crippen LogP) is 1.09. The van der Waals surface area contributed by atoms with Gasteiger partial charge < -0.3 is 15.8 Å². The molecule has 1 saturated heterocycles. The van der Waals surface area contributed by atoms with E-state index in [-0.39, 0.29) is 12.0 Å². The minimum Gasteiger partial charge on any atom is -0.395 e. The van der Waals surface area contributed by atoms with Gasteiger partial charge in [0.05, 0.1) is 17.5 Å². The molecule has 2 rings (SSSR count). The van der Waals surface area contributed by atoms with Crippen LogP contribution in [0.25, 0.3) is 0 Å². The van der Waals surface area contributed by atoms with Crippen molar-refractivity contribution in [3.05, 3.63) is 11.4 Å². The number of nitrogen functional groups attached to an aromatic ring is 1. The number of ether oxygens (including phenoxy) is 1. The summed E-state index contributed by atoms with van der Waals surface area (Å²) >= 11 is 0. The molecule has 1 aromatic heterocycles. The first kappa shape index (κ1) is 13.9. The zero-order valence-corrected chi connectivity index (χ0v) is 11.6. The van der Waals surface area contributed by atoms with Crippen LogP contribution in [0.1, 0.15) is 42.4 Å². The van der Waals surface area contributed by atoms with Crippen molar-refractivity contribution in [1.29, 1.82) is 0 Å². The maximum absolute atomic E-state index is 12.1. The molecule has 19 heavy (non-hydrogen) atoms. The Hall–Kier alpha value is -1.56. The Morgan fingerprint density at radius 1 is 1.63 bits per heavy atom. The van der Waals surface area contributed by atoms with Gasteiger partial charge in [0.15, 0.2) is 0 Å². The summed E-state index contributed by atoms with van der Waals surface area (Å²) in [6, 6.07) is 0. The lowest BCUT2D eigenvalue weighted by Gasteiger charge is -2.11.